The number of benzene rings is 2. The van der Waals surface area contributed by atoms with Gasteiger partial charge in [0.15, 0.2) is 6.61 Å². The number of aromatic nitrogens is 1. The molecule has 138 valence electrons. The van der Waals surface area contributed by atoms with E-state index in [2.05, 4.69) is 31.2 Å². The van der Waals surface area contributed by atoms with Crippen molar-refractivity contribution in [1.29, 1.82) is 0 Å². The van der Waals surface area contributed by atoms with Gasteiger partial charge in [0.2, 0.25) is 0 Å². The second kappa shape index (κ2) is 7.76. The Morgan fingerprint density at radius 3 is 2.63 bits per heavy atom. The summed E-state index contributed by atoms with van der Waals surface area (Å²) in [7, 11) is 0. The Balaban J connectivity index is 1.62. The van der Waals surface area contributed by atoms with E-state index in [0.29, 0.717) is 32.1 Å². The van der Waals surface area contributed by atoms with Crippen molar-refractivity contribution < 1.29 is 14.3 Å². The molecule has 1 amide bonds. The van der Waals surface area contributed by atoms with Crippen LogP contribution >= 0.6 is 0 Å². The Morgan fingerprint density at radius 1 is 1.11 bits per heavy atom. The molecule has 2 aromatic carbocycles. The number of fused-ring (bicyclic) bond motifs is 1. The second-order valence-corrected chi connectivity index (χ2v) is 6.67. The minimum Gasteiger partial charge on any atom is -0.483 e. The first-order chi connectivity index (χ1) is 13.2. The fourth-order valence-corrected chi connectivity index (χ4v) is 3.18. The Morgan fingerprint density at radius 2 is 1.85 bits per heavy atom. The third-order valence-electron chi connectivity index (χ3n) is 4.74. The van der Waals surface area contributed by atoms with E-state index in [-0.39, 0.29) is 12.5 Å². The third kappa shape index (κ3) is 3.93. The lowest BCUT2D eigenvalue weighted by Crippen LogP contribution is -2.43. The topological polar surface area (TPSA) is 51.7 Å². The predicted octanol–water partition coefficient (Wildman–Crippen LogP) is 3.45. The molecule has 0 spiro atoms. The maximum atomic E-state index is 12.4. The molecule has 4 rings (SSSR count). The molecule has 3 aromatic rings. The van der Waals surface area contributed by atoms with E-state index in [1.54, 1.807) is 4.90 Å². The Kier molecular flexibility index (Phi) is 5.03. The van der Waals surface area contributed by atoms with Gasteiger partial charge in [-0.05, 0) is 19.1 Å². The first-order valence-electron chi connectivity index (χ1n) is 9.16. The van der Waals surface area contributed by atoms with Crippen LogP contribution in [0.5, 0.6) is 5.75 Å². The van der Waals surface area contributed by atoms with Crippen LogP contribution in [0.2, 0.25) is 0 Å². The van der Waals surface area contributed by atoms with Crippen molar-refractivity contribution in [2.75, 3.05) is 32.9 Å². The van der Waals surface area contributed by atoms with Crippen LogP contribution in [0.1, 0.15) is 5.56 Å². The lowest BCUT2D eigenvalue weighted by atomic mass is 10.1. The van der Waals surface area contributed by atoms with Crippen molar-refractivity contribution in [2.24, 2.45) is 0 Å². The highest BCUT2D eigenvalue weighted by molar-refractivity contribution is 5.88. The number of pyridine rings is 1. The summed E-state index contributed by atoms with van der Waals surface area (Å²) in [5, 5.41) is 0.906. The first kappa shape index (κ1) is 17.5. The number of hydrogen-bond donors (Lipinski definition) is 0. The van der Waals surface area contributed by atoms with Gasteiger partial charge in [-0.3, -0.25) is 4.79 Å². The average molecular weight is 362 g/mol. The number of nitrogens with zero attached hydrogens (tertiary/aromatic N) is 2. The van der Waals surface area contributed by atoms with Gasteiger partial charge < -0.3 is 14.4 Å². The van der Waals surface area contributed by atoms with Gasteiger partial charge in [-0.2, -0.15) is 0 Å². The van der Waals surface area contributed by atoms with E-state index < -0.39 is 0 Å². The third-order valence-corrected chi connectivity index (χ3v) is 4.74. The van der Waals surface area contributed by atoms with Crippen molar-refractivity contribution in [3.05, 3.63) is 60.2 Å². The quantitative estimate of drug-likeness (QED) is 0.713. The van der Waals surface area contributed by atoms with Crippen molar-refractivity contribution in [3.63, 3.8) is 0 Å². The summed E-state index contributed by atoms with van der Waals surface area (Å²) < 4.78 is 11.2. The molecule has 0 unspecified atom stereocenters. The number of carbonyl (C=O) groups is 1. The normalized spacial score (nSPS) is 14.3. The summed E-state index contributed by atoms with van der Waals surface area (Å²) in [6.07, 6.45) is 0. The smallest absolute Gasteiger partial charge is 0.260 e. The maximum Gasteiger partial charge on any atom is 0.260 e. The number of para-hydroxylation sites is 1. The van der Waals surface area contributed by atoms with E-state index in [9.17, 15) is 4.79 Å². The van der Waals surface area contributed by atoms with Gasteiger partial charge in [0.25, 0.3) is 5.91 Å². The lowest BCUT2D eigenvalue weighted by molar-refractivity contribution is -0.137. The van der Waals surface area contributed by atoms with Gasteiger partial charge in [-0.25, -0.2) is 4.98 Å². The second-order valence-electron chi connectivity index (χ2n) is 6.67. The molecule has 1 saturated heterocycles. The molecule has 5 heteroatoms. The molecule has 0 N–H and O–H groups in total. The molecule has 1 fully saturated rings. The number of aryl methyl sites for hydroxylation is 1. The summed E-state index contributed by atoms with van der Waals surface area (Å²) in [5.74, 6) is 0.661. The zero-order chi connectivity index (χ0) is 18.6. The number of ether oxygens (including phenoxy) is 2. The van der Waals surface area contributed by atoms with Gasteiger partial charge in [0.05, 0.1) is 24.4 Å². The summed E-state index contributed by atoms with van der Waals surface area (Å²) in [4.78, 5) is 19.0. The number of hydrogen-bond acceptors (Lipinski definition) is 4. The van der Waals surface area contributed by atoms with Crippen LogP contribution in [0.4, 0.5) is 0 Å². The molecule has 0 radical (unpaired) electrons. The highest BCUT2D eigenvalue weighted by Crippen LogP contribution is 2.30. The van der Waals surface area contributed by atoms with Gasteiger partial charge in [-0.15, -0.1) is 0 Å². The average Bonchev–Trinajstić information content (AvgIpc) is 2.72. The molecule has 1 aliphatic heterocycles. The van der Waals surface area contributed by atoms with Crippen molar-refractivity contribution in [1.82, 2.24) is 9.88 Å². The van der Waals surface area contributed by atoms with E-state index >= 15 is 0 Å². The van der Waals surface area contributed by atoms with Crippen LogP contribution in [-0.4, -0.2) is 48.7 Å². The minimum atomic E-state index is -0.0175. The Hall–Kier alpha value is -2.92. The standard InChI is InChI=1S/C22H22N2O3/c1-16-6-8-17(9-7-16)20-14-21(18-4-2-3-5-19(18)23-20)27-15-22(25)24-10-12-26-13-11-24/h2-9,14H,10-13,15H2,1H3. The molecule has 1 aliphatic rings. The Labute approximate surface area is 158 Å². The van der Waals surface area contributed by atoms with Gasteiger partial charge >= 0.3 is 0 Å². The zero-order valence-electron chi connectivity index (χ0n) is 15.4. The van der Waals surface area contributed by atoms with E-state index in [0.717, 1.165) is 22.2 Å². The summed E-state index contributed by atoms with van der Waals surface area (Å²) in [5.41, 5.74) is 3.91. The highest BCUT2D eigenvalue weighted by atomic mass is 16.5. The fourth-order valence-electron chi connectivity index (χ4n) is 3.18. The first-order valence-corrected chi connectivity index (χ1v) is 9.16. The molecular weight excluding hydrogens is 340 g/mol. The summed E-state index contributed by atoms with van der Waals surface area (Å²) in [6.45, 7) is 4.48. The van der Waals surface area contributed by atoms with Crippen LogP contribution < -0.4 is 4.74 Å². The van der Waals surface area contributed by atoms with Crippen LogP contribution in [0.25, 0.3) is 22.2 Å². The highest BCUT2D eigenvalue weighted by Gasteiger charge is 2.18. The maximum absolute atomic E-state index is 12.4. The molecule has 0 bridgehead atoms. The van der Waals surface area contributed by atoms with Gasteiger partial charge in [0, 0.05) is 30.1 Å². The Bertz CT molecular complexity index is 947. The van der Waals surface area contributed by atoms with Crippen molar-refractivity contribution >= 4 is 16.8 Å². The summed E-state index contributed by atoms with van der Waals surface area (Å²) in [6, 6.07) is 18.0. The van der Waals surface area contributed by atoms with Crippen LogP contribution in [0.3, 0.4) is 0 Å². The van der Waals surface area contributed by atoms with E-state index in [1.807, 2.05) is 30.3 Å². The number of amides is 1. The number of carbonyl (C=O) groups excluding carboxylic acids is 1. The molecule has 27 heavy (non-hydrogen) atoms. The van der Waals surface area contributed by atoms with E-state index in [1.165, 1.54) is 5.56 Å². The van der Waals surface area contributed by atoms with Gasteiger partial charge in [0.1, 0.15) is 5.75 Å². The van der Waals surface area contributed by atoms with E-state index in [4.69, 9.17) is 14.5 Å². The SMILES string of the molecule is Cc1ccc(-c2cc(OCC(=O)N3CCOCC3)c3ccccc3n2)cc1. The molecule has 1 aromatic heterocycles. The molecule has 5 nitrogen and oxygen atoms in total. The molecule has 0 atom stereocenters. The number of morpholine rings is 1. The lowest BCUT2D eigenvalue weighted by Gasteiger charge is -2.26. The van der Waals surface area contributed by atoms with Crippen LogP contribution in [-0.2, 0) is 9.53 Å². The zero-order valence-corrected chi connectivity index (χ0v) is 15.4. The van der Waals surface area contributed by atoms with Crippen molar-refractivity contribution in [2.45, 2.75) is 6.92 Å². The summed E-state index contributed by atoms with van der Waals surface area (Å²) >= 11 is 0. The van der Waals surface area contributed by atoms with Crippen LogP contribution in [0.15, 0.2) is 54.6 Å². The van der Waals surface area contributed by atoms with Crippen LogP contribution in [0, 0.1) is 6.92 Å². The molecular formula is C22H22N2O3. The fraction of sp³-hybridized carbons (Fsp3) is 0.273. The predicted molar refractivity (Wildman–Crippen MR) is 105 cm³/mol. The molecule has 0 aliphatic carbocycles. The minimum absolute atomic E-state index is 0.0152. The number of rotatable bonds is 4. The largest absolute Gasteiger partial charge is 0.483 e. The van der Waals surface area contributed by atoms with Crippen molar-refractivity contribution in [3.8, 4) is 17.0 Å². The molecule has 2 heterocycles. The van der Waals surface area contributed by atoms with Gasteiger partial charge in [-0.1, -0.05) is 42.0 Å². The monoisotopic (exact) mass is 362 g/mol. The molecule has 0 saturated carbocycles.